The maximum atomic E-state index is 12.8. The summed E-state index contributed by atoms with van der Waals surface area (Å²) in [6.45, 7) is 4.08. The number of methoxy groups -OCH3 is 1. The highest BCUT2D eigenvalue weighted by molar-refractivity contribution is 5.93. The van der Waals surface area contributed by atoms with Crippen molar-refractivity contribution in [3.05, 3.63) is 59.7 Å². The van der Waals surface area contributed by atoms with Crippen LogP contribution in [0.4, 0.5) is 10.5 Å². The highest BCUT2D eigenvalue weighted by Crippen LogP contribution is 2.25. The van der Waals surface area contributed by atoms with Gasteiger partial charge in [0.25, 0.3) is 0 Å². The van der Waals surface area contributed by atoms with Crippen LogP contribution in [0.5, 0.6) is 5.75 Å². The molecule has 0 aliphatic heterocycles. The Hall–Kier alpha value is -3.02. The molecule has 1 N–H and O–H groups in total. The molecule has 0 atom stereocenters. The molecule has 0 fully saturated rings. The van der Waals surface area contributed by atoms with Gasteiger partial charge in [-0.2, -0.15) is 0 Å². The zero-order chi connectivity index (χ0) is 18.9. The first-order chi connectivity index (χ1) is 12.5. The maximum absolute atomic E-state index is 12.8. The van der Waals surface area contributed by atoms with Crippen molar-refractivity contribution in [2.24, 2.45) is 0 Å². The molecule has 0 aliphatic rings. The summed E-state index contributed by atoms with van der Waals surface area (Å²) in [6.07, 6.45) is 0. The summed E-state index contributed by atoms with van der Waals surface area (Å²) < 4.78 is 10.3. The molecule has 2 rings (SSSR count). The summed E-state index contributed by atoms with van der Waals surface area (Å²) in [5.74, 6) is 0.106. The Morgan fingerprint density at radius 3 is 2.50 bits per heavy atom. The normalized spacial score (nSPS) is 10.1. The molecule has 0 bridgehead atoms. The van der Waals surface area contributed by atoms with Crippen molar-refractivity contribution in [1.29, 1.82) is 0 Å². The van der Waals surface area contributed by atoms with Crippen molar-refractivity contribution in [3.8, 4) is 5.75 Å². The molecule has 0 radical (unpaired) electrons. The van der Waals surface area contributed by atoms with Crippen molar-refractivity contribution < 1.29 is 19.1 Å². The lowest BCUT2D eigenvalue weighted by Gasteiger charge is -2.23. The third-order valence-electron chi connectivity index (χ3n) is 3.73. The fourth-order valence-electron chi connectivity index (χ4n) is 2.48. The van der Waals surface area contributed by atoms with E-state index in [-0.39, 0.29) is 13.2 Å². The molecule has 6 heteroatoms. The molecule has 2 aromatic carbocycles. The highest BCUT2D eigenvalue weighted by Gasteiger charge is 2.20. The van der Waals surface area contributed by atoms with Crippen molar-refractivity contribution in [2.75, 3.05) is 25.6 Å². The summed E-state index contributed by atoms with van der Waals surface area (Å²) >= 11 is 0. The van der Waals surface area contributed by atoms with Gasteiger partial charge >= 0.3 is 12.0 Å². The van der Waals surface area contributed by atoms with Gasteiger partial charge in [-0.3, -0.25) is 4.79 Å². The summed E-state index contributed by atoms with van der Waals surface area (Å²) in [4.78, 5) is 26.1. The van der Waals surface area contributed by atoms with E-state index in [0.717, 1.165) is 11.1 Å². The van der Waals surface area contributed by atoms with E-state index >= 15 is 0 Å². The van der Waals surface area contributed by atoms with Crippen molar-refractivity contribution in [1.82, 2.24) is 4.90 Å². The SMILES string of the molecule is CCOC(=O)CN(Cc1ccccc1)C(=O)Nc1cc(C)ccc1OC. The van der Waals surface area contributed by atoms with Gasteiger partial charge in [-0.05, 0) is 37.1 Å². The van der Waals surface area contributed by atoms with Crippen LogP contribution in [0, 0.1) is 6.92 Å². The van der Waals surface area contributed by atoms with E-state index in [4.69, 9.17) is 9.47 Å². The Bertz CT molecular complexity index is 747. The Morgan fingerprint density at radius 2 is 1.85 bits per heavy atom. The van der Waals surface area contributed by atoms with Crippen molar-refractivity contribution in [2.45, 2.75) is 20.4 Å². The molecule has 2 aromatic rings. The summed E-state index contributed by atoms with van der Waals surface area (Å²) in [6, 6.07) is 14.6. The van der Waals surface area contributed by atoms with E-state index < -0.39 is 12.0 Å². The van der Waals surface area contributed by atoms with Crippen LogP contribution in [-0.2, 0) is 16.1 Å². The van der Waals surface area contributed by atoms with Crippen LogP contribution in [0.15, 0.2) is 48.5 Å². The van der Waals surface area contributed by atoms with Gasteiger partial charge in [0.05, 0.1) is 19.4 Å². The van der Waals surface area contributed by atoms with Gasteiger partial charge in [-0.25, -0.2) is 4.79 Å². The third kappa shape index (κ3) is 5.51. The average Bonchev–Trinajstić information content (AvgIpc) is 2.62. The van der Waals surface area contributed by atoms with Crippen LogP contribution < -0.4 is 10.1 Å². The molecular weight excluding hydrogens is 332 g/mol. The molecule has 0 unspecified atom stereocenters. The lowest BCUT2D eigenvalue weighted by Crippen LogP contribution is -2.39. The van der Waals surface area contributed by atoms with Gasteiger partial charge in [-0.1, -0.05) is 36.4 Å². The zero-order valence-electron chi connectivity index (χ0n) is 15.3. The number of esters is 1. The minimum absolute atomic E-state index is 0.136. The minimum Gasteiger partial charge on any atom is -0.495 e. The number of ether oxygens (including phenoxy) is 2. The quantitative estimate of drug-likeness (QED) is 0.770. The minimum atomic E-state index is -0.449. The molecule has 2 amide bonds. The van der Waals surface area contributed by atoms with Gasteiger partial charge in [-0.15, -0.1) is 0 Å². The molecule has 6 nitrogen and oxygen atoms in total. The van der Waals surface area contributed by atoms with Crippen LogP contribution in [0.25, 0.3) is 0 Å². The second-order valence-corrected chi connectivity index (χ2v) is 5.78. The highest BCUT2D eigenvalue weighted by atomic mass is 16.5. The number of carbonyl (C=O) groups is 2. The van der Waals surface area contributed by atoms with E-state index in [0.29, 0.717) is 18.0 Å². The molecule has 0 saturated heterocycles. The van der Waals surface area contributed by atoms with Crippen molar-refractivity contribution in [3.63, 3.8) is 0 Å². The average molecular weight is 356 g/mol. The molecular formula is C20H24N2O4. The number of hydrogen-bond donors (Lipinski definition) is 1. The molecule has 138 valence electrons. The number of rotatable bonds is 7. The van der Waals surface area contributed by atoms with E-state index in [9.17, 15) is 9.59 Å². The van der Waals surface area contributed by atoms with Gasteiger partial charge in [0.15, 0.2) is 0 Å². The second-order valence-electron chi connectivity index (χ2n) is 5.78. The molecule has 0 aliphatic carbocycles. The lowest BCUT2D eigenvalue weighted by molar-refractivity contribution is -0.143. The number of carbonyl (C=O) groups excluding carboxylic acids is 2. The number of nitrogens with one attached hydrogen (secondary N) is 1. The summed E-state index contributed by atoms with van der Waals surface area (Å²) in [7, 11) is 1.54. The predicted octanol–water partition coefficient (Wildman–Crippen LogP) is 3.60. The fraction of sp³-hybridized carbons (Fsp3) is 0.300. The van der Waals surface area contributed by atoms with E-state index in [1.807, 2.05) is 49.4 Å². The van der Waals surface area contributed by atoms with Crippen LogP contribution in [0.1, 0.15) is 18.1 Å². The number of nitrogens with zero attached hydrogens (tertiary/aromatic N) is 1. The van der Waals surface area contributed by atoms with Crippen LogP contribution in [0.2, 0.25) is 0 Å². The number of anilines is 1. The van der Waals surface area contributed by atoms with Gasteiger partial charge in [0.1, 0.15) is 12.3 Å². The van der Waals surface area contributed by atoms with Gasteiger partial charge in [0, 0.05) is 6.54 Å². The Morgan fingerprint density at radius 1 is 1.12 bits per heavy atom. The first kappa shape index (κ1) is 19.3. The summed E-state index contributed by atoms with van der Waals surface area (Å²) in [5, 5.41) is 2.82. The summed E-state index contributed by atoms with van der Waals surface area (Å²) in [5.41, 5.74) is 2.46. The number of aryl methyl sites for hydroxylation is 1. The topological polar surface area (TPSA) is 67.9 Å². The van der Waals surface area contributed by atoms with E-state index in [1.54, 1.807) is 20.1 Å². The van der Waals surface area contributed by atoms with Crippen LogP contribution in [0.3, 0.4) is 0 Å². The number of amides is 2. The zero-order valence-corrected chi connectivity index (χ0v) is 15.3. The standard InChI is InChI=1S/C20H24N2O4/c1-4-26-19(23)14-22(13-16-8-6-5-7-9-16)20(24)21-17-12-15(2)10-11-18(17)25-3/h5-12H,4,13-14H2,1-3H3,(H,21,24). The number of benzene rings is 2. The van der Waals surface area contributed by atoms with Gasteiger partial charge in [0.2, 0.25) is 0 Å². The third-order valence-corrected chi connectivity index (χ3v) is 3.73. The van der Waals surface area contributed by atoms with E-state index in [2.05, 4.69) is 5.32 Å². The fourth-order valence-corrected chi connectivity index (χ4v) is 2.48. The predicted molar refractivity (Wildman–Crippen MR) is 100 cm³/mol. The molecule has 0 aromatic heterocycles. The first-order valence-corrected chi connectivity index (χ1v) is 8.43. The Kier molecular flexibility index (Phi) is 7.02. The van der Waals surface area contributed by atoms with Gasteiger partial charge < -0.3 is 19.7 Å². The van der Waals surface area contributed by atoms with Crippen molar-refractivity contribution >= 4 is 17.7 Å². The molecule has 0 heterocycles. The lowest BCUT2D eigenvalue weighted by atomic mass is 10.2. The Balaban J connectivity index is 2.19. The molecule has 0 saturated carbocycles. The maximum Gasteiger partial charge on any atom is 0.325 e. The monoisotopic (exact) mass is 356 g/mol. The number of hydrogen-bond acceptors (Lipinski definition) is 4. The smallest absolute Gasteiger partial charge is 0.325 e. The first-order valence-electron chi connectivity index (χ1n) is 8.43. The van der Waals surface area contributed by atoms with Crippen LogP contribution in [-0.4, -0.2) is 37.2 Å². The number of urea groups is 1. The Labute approximate surface area is 153 Å². The largest absolute Gasteiger partial charge is 0.495 e. The second kappa shape index (κ2) is 9.46. The molecule has 26 heavy (non-hydrogen) atoms. The van der Waals surface area contributed by atoms with Crippen LogP contribution >= 0.6 is 0 Å². The molecule has 0 spiro atoms. The van der Waals surface area contributed by atoms with E-state index in [1.165, 1.54) is 4.90 Å².